The first-order valence-corrected chi connectivity index (χ1v) is 6.78. The molecule has 0 amide bonds. The van der Waals surface area contributed by atoms with Crippen LogP contribution in [0.3, 0.4) is 0 Å². The van der Waals surface area contributed by atoms with Crippen molar-refractivity contribution in [2.75, 3.05) is 6.61 Å². The molecule has 0 aliphatic carbocycles. The predicted molar refractivity (Wildman–Crippen MR) is 80.4 cm³/mol. The number of nitro groups is 1. The maximum Gasteiger partial charge on any atom is 0.384 e. The zero-order valence-electron chi connectivity index (χ0n) is 12.2. The van der Waals surface area contributed by atoms with Crippen LogP contribution in [0.5, 0.6) is 0 Å². The minimum atomic E-state index is -1.61. The van der Waals surface area contributed by atoms with Crippen LogP contribution >= 0.6 is 0 Å². The highest BCUT2D eigenvalue weighted by Gasteiger charge is 2.43. The molecule has 2 unspecified atom stereocenters. The number of carbonyl (C=O) groups excluding carboxylic acids is 1. The molecule has 1 heterocycles. The summed E-state index contributed by atoms with van der Waals surface area (Å²) in [7, 11) is 0. The number of aliphatic imine (C=N–C) groups is 1. The Hall–Kier alpha value is -2.77. The Balaban J connectivity index is 2.35. The van der Waals surface area contributed by atoms with Gasteiger partial charge in [0.1, 0.15) is 5.84 Å². The van der Waals surface area contributed by atoms with E-state index in [-0.39, 0.29) is 6.61 Å². The largest absolute Gasteiger partial charge is 0.461 e. The quantitative estimate of drug-likeness (QED) is 0.496. The first-order chi connectivity index (χ1) is 10.5. The third-order valence-electron chi connectivity index (χ3n) is 3.14. The van der Waals surface area contributed by atoms with E-state index in [2.05, 4.69) is 15.5 Å². The Morgan fingerprint density at radius 3 is 2.73 bits per heavy atom. The third-order valence-corrected chi connectivity index (χ3v) is 3.14. The maximum atomic E-state index is 11.9. The Kier molecular flexibility index (Phi) is 4.82. The minimum absolute atomic E-state index is 0.0690. The fourth-order valence-electron chi connectivity index (χ4n) is 2.06. The smallest absolute Gasteiger partial charge is 0.384 e. The number of amidine groups is 1. The molecule has 0 radical (unpaired) electrons. The van der Waals surface area contributed by atoms with Crippen LogP contribution in [0.25, 0.3) is 0 Å². The number of nitrogens with one attached hydrogen (secondary N) is 1. The van der Waals surface area contributed by atoms with E-state index in [0.717, 1.165) is 5.56 Å². The molecule has 8 nitrogen and oxygen atoms in total. The van der Waals surface area contributed by atoms with Crippen molar-refractivity contribution >= 4 is 17.5 Å². The summed E-state index contributed by atoms with van der Waals surface area (Å²) in [4.78, 5) is 26.7. The number of rotatable bonds is 5. The minimum Gasteiger partial charge on any atom is -0.461 e. The van der Waals surface area contributed by atoms with Crippen LogP contribution in [0.2, 0.25) is 0 Å². The molecule has 1 aromatic rings. The first kappa shape index (κ1) is 15.6. The van der Waals surface area contributed by atoms with Crippen LogP contribution in [-0.4, -0.2) is 41.1 Å². The summed E-state index contributed by atoms with van der Waals surface area (Å²) in [5.74, 6) is -0.530. The Morgan fingerprint density at radius 2 is 2.14 bits per heavy atom. The molecule has 2 rings (SSSR count). The number of benzene rings is 1. The maximum absolute atomic E-state index is 11.9. The zero-order chi connectivity index (χ0) is 16.1. The molecule has 0 spiro atoms. The molecule has 0 saturated carbocycles. The predicted octanol–water partition coefficient (Wildman–Crippen LogP) is 0.989. The van der Waals surface area contributed by atoms with E-state index in [9.17, 15) is 14.9 Å². The van der Waals surface area contributed by atoms with Gasteiger partial charge in [0.05, 0.1) is 12.3 Å². The molecule has 116 valence electrons. The zero-order valence-corrected chi connectivity index (χ0v) is 12.2. The number of hydrazone groups is 1. The lowest BCUT2D eigenvalue weighted by molar-refractivity contribution is -0.510. The Morgan fingerprint density at radius 1 is 1.45 bits per heavy atom. The van der Waals surface area contributed by atoms with Gasteiger partial charge in [-0.05, 0) is 13.8 Å². The van der Waals surface area contributed by atoms with E-state index in [4.69, 9.17) is 4.74 Å². The topological polar surface area (TPSA) is 106 Å². The fraction of sp³-hybridized carbons (Fsp3) is 0.357. The van der Waals surface area contributed by atoms with E-state index in [0.29, 0.717) is 11.5 Å². The summed E-state index contributed by atoms with van der Waals surface area (Å²) in [6, 6.07) is 6.47. The molecule has 0 saturated heterocycles. The monoisotopic (exact) mass is 304 g/mol. The van der Waals surface area contributed by atoms with Crippen LogP contribution in [0, 0.1) is 10.1 Å². The molecular weight excluding hydrogens is 288 g/mol. The van der Waals surface area contributed by atoms with Gasteiger partial charge in [0.2, 0.25) is 0 Å². The van der Waals surface area contributed by atoms with Crippen molar-refractivity contribution in [1.29, 1.82) is 0 Å². The Labute approximate surface area is 127 Å². The summed E-state index contributed by atoms with van der Waals surface area (Å²) >= 11 is 0. The number of hydrogen-bond acceptors (Lipinski definition) is 7. The van der Waals surface area contributed by atoms with Gasteiger partial charge < -0.3 is 4.74 Å². The van der Waals surface area contributed by atoms with E-state index < -0.39 is 23.0 Å². The molecule has 1 aromatic carbocycles. The number of hydrogen-bond donors (Lipinski definition) is 1. The highest BCUT2D eigenvalue weighted by molar-refractivity contribution is 6.05. The number of ether oxygens (including phenoxy) is 1. The SMILES string of the molecule is CCOC(=O)C(C1N=C(c2ccccc2)NN=C1C)[N+](=O)[O-]. The van der Waals surface area contributed by atoms with Gasteiger partial charge >= 0.3 is 12.0 Å². The molecular formula is C14H16N4O4. The van der Waals surface area contributed by atoms with Gasteiger partial charge in [-0.25, -0.2) is 9.79 Å². The number of nitrogens with zero attached hydrogens (tertiary/aromatic N) is 3. The molecule has 1 aliphatic heterocycles. The van der Waals surface area contributed by atoms with Crippen molar-refractivity contribution in [2.45, 2.75) is 25.9 Å². The molecule has 0 fully saturated rings. The summed E-state index contributed by atoms with van der Waals surface area (Å²) < 4.78 is 4.78. The molecule has 2 atom stereocenters. The first-order valence-electron chi connectivity index (χ1n) is 6.78. The second-order valence-electron chi connectivity index (χ2n) is 4.64. The van der Waals surface area contributed by atoms with E-state index in [1.54, 1.807) is 26.0 Å². The van der Waals surface area contributed by atoms with Crippen LogP contribution in [0.15, 0.2) is 40.4 Å². The van der Waals surface area contributed by atoms with Crippen molar-refractivity contribution in [3.63, 3.8) is 0 Å². The fourth-order valence-corrected chi connectivity index (χ4v) is 2.06. The summed E-state index contributed by atoms with van der Waals surface area (Å²) in [5, 5.41) is 15.3. The number of carbonyl (C=O) groups is 1. The average Bonchev–Trinajstić information content (AvgIpc) is 2.50. The van der Waals surface area contributed by atoms with Crippen molar-refractivity contribution in [3.05, 3.63) is 46.0 Å². The van der Waals surface area contributed by atoms with E-state index in [1.165, 1.54) is 0 Å². The van der Waals surface area contributed by atoms with Gasteiger partial charge in [0, 0.05) is 10.5 Å². The lowest BCUT2D eigenvalue weighted by Gasteiger charge is -2.21. The standard InChI is InChI=1S/C14H16N4O4/c1-3-22-14(19)12(18(20)21)11-9(2)16-17-13(15-11)10-7-5-4-6-8-10/h4-8,11-12H,3H2,1-2H3,(H,15,17). The van der Waals surface area contributed by atoms with E-state index in [1.807, 2.05) is 18.2 Å². The van der Waals surface area contributed by atoms with Gasteiger partial charge in [-0.2, -0.15) is 5.10 Å². The van der Waals surface area contributed by atoms with Gasteiger partial charge in [-0.3, -0.25) is 15.5 Å². The summed E-state index contributed by atoms with van der Waals surface area (Å²) in [6.45, 7) is 3.25. The molecule has 8 heteroatoms. The van der Waals surface area contributed by atoms with Crippen LogP contribution in [0.1, 0.15) is 19.4 Å². The van der Waals surface area contributed by atoms with Crippen molar-refractivity contribution in [1.82, 2.24) is 5.43 Å². The van der Waals surface area contributed by atoms with Crippen molar-refractivity contribution in [3.8, 4) is 0 Å². The number of esters is 1. The van der Waals surface area contributed by atoms with Gasteiger partial charge in [0.15, 0.2) is 6.04 Å². The van der Waals surface area contributed by atoms with E-state index >= 15 is 0 Å². The summed E-state index contributed by atoms with van der Waals surface area (Å²) in [5.41, 5.74) is 3.83. The van der Waals surface area contributed by atoms with Gasteiger partial charge in [0.25, 0.3) is 0 Å². The molecule has 1 aliphatic rings. The third kappa shape index (κ3) is 3.27. The van der Waals surface area contributed by atoms with Crippen molar-refractivity contribution < 1.29 is 14.5 Å². The normalized spacial score (nSPS) is 18.5. The highest BCUT2D eigenvalue weighted by atomic mass is 16.6. The second kappa shape index (κ2) is 6.79. The summed E-state index contributed by atoms with van der Waals surface area (Å²) in [6.07, 6.45) is 0. The van der Waals surface area contributed by atoms with Crippen LogP contribution in [-0.2, 0) is 9.53 Å². The Bertz CT molecular complexity index is 627. The molecule has 0 bridgehead atoms. The average molecular weight is 304 g/mol. The van der Waals surface area contributed by atoms with Gasteiger partial charge in [-0.15, -0.1) is 0 Å². The lowest BCUT2D eigenvalue weighted by atomic mass is 10.0. The van der Waals surface area contributed by atoms with Crippen molar-refractivity contribution in [2.24, 2.45) is 10.1 Å². The molecule has 1 N–H and O–H groups in total. The van der Waals surface area contributed by atoms with Crippen LogP contribution in [0.4, 0.5) is 0 Å². The van der Waals surface area contributed by atoms with Gasteiger partial charge in [-0.1, -0.05) is 30.3 Å². The lowest BCUT2D eigenvalue weighted by Crippen LogP contribution is -2.48. The highest BCUT2D eigenvalue weighted by Crippen LogP contribution is 2.14. The van der Waals surface area contributed by atoms with Crippen LogP contribution < -0.4 is 5.43 Å². The second-order valence-corrected chi connectivity index (χ2v) is 4.64. The molecule has 0 aromatic heterocycles. The molecule has 22 heavy (non-hydrogen) atoms.